The summed E-state index contributed by atoms with van der Waals surface area (Å²) >= 11 is 1.56. The third-order valence-electron chi connectivity index (χ3n) is 2.65. The smallest absolute Gasteiger partial charge is 0.312 e. The molecule has 0 aliphatic carbocycles. The Morgan fingerprint density at radius 3 is 2.47 bits per heavy atom. The van der Waals surface area contributed by atoms with Crippen LogP contribution in [-0.2, 0) is 6.54 Å². The molecule has 1 N–H and O–H groups in total. The van der Waals surface area contributed by atoms with Crippen LogP contribution in [0.5, 0.6) is 0 Å². The maximum atomic E-state index is 12.0. The summed E-state index contributed by atoms with van der Waals surface area (Å²) in [5, 5.41) is 4.84. The van der Waals surface area contributed by atoms with Crippen LogP contribution in [0.2, 0.25) is 0 Å². The Kier molecular flexibility index (Phi) is 4.61. The number of nitrogens with one attached hydrogen (secondary N) is 1. The predicted molar refractivity (Wildman–Crippen MR) is 72.1 cm³/mol. The lowest BCUT2D eigenvalue weighted by atomic mass is 10.1. The van der Waals surface area contributed by atoms with Crippen molar-refractivity contribution in [3.63, 3.8) is 0 Å². The fourth-order valence-corrected chi connectivity index (χ4v) is 2.56. The standard InChI is InChI=1S/C14H14F3NS/c15-14(16,17)6-7-18-9-13-8-12(10-19-13)11-4-2-1-3-5-11/h1-5,8,10,18H,6-7,9H2. The minimum absolute atomic E-state index is 0.0396. The van der Waals surface area contributed by atoms with Crippen LogP contribution < -0.4 is 5.32 Å². The summed E-state index contributed by atoms with van der Waals surface area (Å²) in [6, 6.07) is 11.9. The van der Waals surface area contributed by atoms with Gasteiger partial charge in [0, 0.05) is 18.0 Å². The van der Waals surface area contributed by atoms with E-state index in [-0.39, 0.29) is 6.54 Å². The predicted octanol–water partition coefficient (Wildman–Crippen LogP) is 4.46. The van der Waals surface area contributed by atoms with Gasteiger partial charge in [-0.25, -0.2) is 0 Å². The molecule has 0 unspecified atom stereocenters. The molecule has 0 aliphatic rings. The van der Waals surface area contributed by atoms with Gasteiger partial charge in [-0.3, -0.25) is 0 Å². The zero-order chi connectivity index (χ0) is 13.7. The van der Waals surface area contributed by atoms with Crippen molar-refractivity contribution in [2.45, 2.75) is 19.1 Å². The van der Waals surface area contributed by atoms with Gasteiger partial charge in [0.15, 0.2) is 0 Å². The quantitative estimate of drug-likeness (QED) is 0.800. The molecule has 0 atom stereocenters. The van der Waals surface area contributed by atoms with E-state index in [2.05, 4.69) is 5.32 Å². The monoisotopic (exact) mass is 285 g/mol. The second kappa shape index (κ2) is 6.21. The maximum absolute atomic E-state index is 12.0. The van der Waals surface area contributed by atoms with Gasteiger partial charge in [-0.15, -0.1) is 11.3 Å². The average molecular weight is 285 g/mol. The van der Waals surface area contributed by atoms with Crippen molar-refractivity contribution < 1.29 is 13.2 Å². The Morgan fingerprint density at radius 1 is 1.05 bits per heavy atom. The summed E-state index contributed by atoms with van der Waals surface area (Å²) < 4.78 is 35.9. The highest BCUT2D eigenvalue weighted by atomic mass is 32.1. The van der Waals surface area contributed by atoms with Gasteiger partial charge in [-0.05, 0) is 22.6 Å². The molecular weight excluding hydrogens is 271 g/mol. The van der Waals surface area contributed by atoms with Crippen molar-refractivity contribution in [1.82, 2.24) is 5.32 Å². The van der Waals surface area contributed by atoms with Crippen LogP contribution in [0, 0.1) is 0 Å². The minimum Gasteiger partial charge on any atom is -0.312 e. The summed E-state index contributed by atoms with van der Waals surface area (Å²) in [7, 11) is 0. The molecule has 5 heteroatoms. The van der Waals surface area contributed by atoms with Gasteiger partial charge in [-0.2, -0.15) is 13.2 Å². The summed E-state index contributed by atoms with van der Waals surface area (Å²) in [6.45, 7) is 0.440. The SMILES string of the molecule is FC(F)(F)CCNCc1cc(-c2ccccc2)cs1. The molecule has 1 heterocycles. The van der Waals surface area contributed by atoms with E-state index in [1.807, 2.05) is 41.8 Å². The number of rotatable bonds is 5. The number of hydrogen-bond acceptors (Lipinski definition) is 2. The number of thiophene rings is 1. The van der Waals surface area contributed by atoms with Gasteiger partial charge >= 0.3 is 6.18 Å². The van der Waals surface area contributed by atoms with E-state index >= 15 is 0 Å². The van der Waals surface area contributed by atoms with Crippen LogP contribution in [0.15, 0.2) is 41.8 Å². The third-order valence-corrected chi connectivity index (χ3v) is 3.58. The molecule has 0 radical (unpaired) electrons. The first kappa shape index (κ1) is 14.1. The molecular formula is C14H14F3NS. The highest BCUT2D eigenvalue weighted by Crippen LogP contribution is 2.25. The van der Waals surface area contributed by atoms with Crippen molar-refractivity contribution in [3.8, 4) is 11.1 Å². The molecule has 0 amide bonds. The Bertz CT molecular complexity index is 505. The van der Waals surface area contributed by atoms with Crippen LogP contribution in [-0.4, -0.2) is 12.7 Å². The van der Waals surface area contributed by atoms with Crippen LogP contribution >= 0.6 is 11.3 Å². The molecule has 19 heavy (non-hydrogen) atoms. The van der Waals surface area contributed by atoms with Gasteiger partial charge in [0.2, 0.25) is 0 Å². The lowest BCUT2D eigenvalue weighted by molar-refractivity contribution is -0.133. The van der Waals surface area contributed by atoms with Gasteiger partial charge in [0.25, 0.3) is 0 Å². The maximum Gasteiger partial charge on any atom is 0.390 e. The van der Waals surface area contributed by atoms with E-state index in [9.17, 15) is 13.2 Å². The first-order valence-electron chi connectivity index (χ1n) is 5.95. The van der Waals surface area contributed by atoms with E-state index in [4.69, 9.17) is 0 Å². The van der Waals surface area contributed by atoms with Gasteiger partial charge in [0.05, 0.1) is 6.42 Å². The third kappa shape index (κ3) is 4.69. The molecule has 2 rings (SSSR count). The zero-order valence-corrected chi connectivity index (χ0v) is 11.0. The Labute approximate surface area is 114 Å². The molecule has 1 aromatic carbocycles. The van der Waals surface area contributed by atoms with E-state index < -0.39 is 12.6 Å². The van der Waals surface area contributed by atoms with Crippen molar-refractivity contribution >= 4 is 11.3 Å². The summed E-state index contributed by atoms with van der Waals surface area (Å²) in [4.78, 5) is 1.04. The topological polar surface area (TPSA) is 12.0 Å². The number of halogens is 3. The lowest BCUT2D eigenvalue weighted by Gasteiger charge is -2.06. The minimum atomic E-state index is -4.09. The van der Waals surface area contributed by atoms with Crippen molar-refractivity contribution in [1.29, 1.82) is 0 Å². The van der Waals surface area contributed by atoms with Gasteiger partial charge < -0.3 is 5.32 Å². The molecule has 0 saturated carbocycles. The van der Waals surface area contributed by atoms with E-state index in [0.717, 1.165) is 16.0 Å². The average Bonchev–Trinajstić information content (AvgIpc) is 2.83. The molecule has 0 spiro atoms. The molecule has 1 nitrogen and oxygen atoms in total. The van der Waals surface area contributed by atoms with E-state index in [1.54, 1.807) is 11.3 Å². The molecule has 1 aromatic heterocycles. The van der Waals surface area contributed by atoms with Crippen LogP contribution in [0.25, 0.3) is 11.1 Å². The Balaban J connectivity index is 1.85. The normalized spacial score (nSPS) is 11.7. The van der Waals surface area contributed by atoms with Gasteiger partial charge in [-0.1, -0.05) is 30.3 Å². The zero-order valence-electron chi connectivity index (χ0n) is 10.2. The molecule has 0 saturated heterocycles. The lowest BCUT2D eigenvalue weighted by Crippen LogP contribution is -2.20. The number of alkyl halides is 3. The second-order valence-corrected chi connectivity index (χ2v) is 5.21. The van der Waals surface area contributed by atoms with E-state index in [0.29, 0.717) is 6.54 Å². The number of hydrogen-bond donors (Lipinski definition) is 1. The highest BCUT2D eigenvalue weighted by Gasteiger charge is 2.25. The molecule has 0 bridgehead atoms. The molecule has 0 aliphatic heterocycles. The molecule has 0 fully saturated rings. The Morgan fingerprint density at radius 2 is 1.79 bits per heavy atom. The first-order chi connectivity index (χ1) is 9.04. The number of benzene rings is 1. The van der Waals surface area contributed by atoms with Gasteiger partial charge in [0.1, 0.15) is 0 Å². The highest BCUT2D eigenvalue weighted by molar-refractivity contribution is 7.10. The van der Waals surface area contributed by atoms with E-state index in [1.165, 1.54) is 0 Å². The second-order valence-electron chi connectivity index (χ2n) is 4.21. The first-order valence-corrected chi connectivity index (χ1v) is 6.83. The Hall–Kier alpha value is -1.33. The van der Waals surface area contributed by atoms with Crippen molar-refractivity contribution in [2.24, 2.45) is 0 Å². The fraction of sp³-hybridized carbons (Fsp3) is 0.286. The van der Waals surface area contributed by atoms with Crippen LogP contribution in [0.1, 0.15) is 11.3 Å². The summed E-state index contributed by atoms with van der Waals surface area (Å²) in [5.41, 5.74) is 2.23. The van der Waals surface area contributed by atoms with Crippen molar-refractivity contribution in [2.75, 3.05) is 6.54 Å². The largest absolute Gasteiger partial charge is 0.390 e. The molecule has 2 aromatic rings. The molecule has 102 valence electrons. The van der Waals surface area contributed by atoms with Crippen LogP contribution in [0.3, 0.4) is 0 Å². The van der Waals surface area contributed by atoms with Crippen molar-refractivity contribution in [3.05, 3.63) is 46.7 Å². The summed E-state index contributed by atoms with van der Waals surface area (Å²) in [6.07, 6.45) is -4.87. The van der Waals surface area contributed by atoms with Crippen LogP contribution in [0.4, 0.5) is 13.2 Å². The summed E-state index contributed by atoms with van der Waals surface area (Å²) in [5.74, 6) is 0. The fourth-order valence-electron chi connectivity index (χ4n) is 1.70.